The van der Waals surface area contributed by atoms with Gasteiger partial charge in [-0.2, -0.15) is 0 Å². The molecule has 5 nitrogen and oxygen atoms in total. The molecule has 3 rings (SSSR count). The van der Waals surface area contributed by atoms with Gasteiger partial charge in [0.15, 0.2) is 0 Å². The van der Waals surface area contributed by atoms with E-state index in [1.807, 2.05) is 60.7 Å². The molecule has 3 aromatic rings. The molecular formula is C21H21N3O2. The van der Waals surface area contributed by atoms with Crippen LogP contribution < -0.4 is 15.4 Å². The summed E-state index contributed by atoms with van der Waals surface area (Å²) < 4.78 is 5.78. The summed E-state index contributed by atoms with van der Waals surface area (Å²) in [7, 11) is 0. The largest absolute Gasteiger partial charge is 0.489 e. The molecule has 1 heterocycles. The number of aromatic nitrogens is 1. The number of hydrogen-bond donors (Lipinski definition) is 2. The van der Waals surface area contributed by atoms with Crippen LogP contribution in [-0.2, 0) is 11.4 Å². The zero-order chi connectivity index (χ0) is 18.2. The molecule has 0 aliphatic carbocycles. The molecule has 0 unspecified atom stereocenters. The number of amides is 1. The van der Waals surface area contributed by atoms with Crippen LogP contribution in [0.5, 0.6) is 5.75 Å². The average molecular weight is 347 g/mol. The number of carbonyl (C=O) groups is 1. The van der Waals surface area contributed by atoms with Crippen LogP contribution in [0.15, 0.2) is 72.9 Å². The van der Waals surface area contributed by atoms with E-state index in [2.05, 4.69) is 15.6 Å². The third-order valence-electron chi connectivity index (χ3n) is 3.74. The van der Waals surface area contributed by atoms with Gasteiger partial charge in [0.2, 0.25) is 5.91 Å². The van der Waals surface area contributed by atoms with Crippen molar-refractivity contribution in [2.75, 3.05) is 10.6 Å². The fourth-order valence-corrected chi connectivity index (χ4v) is 2.32. The number of anilines is 3. The van der Waals surface area contributed by atoms with Crippen LogP contribution in [0.1, 0.15) is 18.9 Å². The molecule has 5 heteroatoms. The quantitative estimate of drug-likeness (QED) is 0.647. The summed E-state index contributed by atoms with van der Waals surface area (Å²) >= 11 is 0. The van der Waals surface area contributed by atoms with Crippen LogP contribution in [0.3, 0.4) is 0 Å². The van der Waals surface area contributed by atoms with Gasteiger partial charge >= 0.3 is 0 Å². The molecule has 0 radical (unpaired) electrons. The van der Waals surface area contributed by atoms with Crippen LogP contribution in [0, 0.1) is 0 Å². The van der Waals surface area contributed by atoms with Gasteiger partial charge in [-0.25, -0.2) is 4.98 Å². The number of ether oxygens (including phenoxy) is 1. The molecule has 0 aliphatic heterocycles. The Hall–Kier alpha value is -3.34. The molecule has 132 valence electrons. The molecule has 1 amide bonds. The van der Waals surface area contributed by atoms with E-state index in [1.165, 1.54) is 0 Å². The molecule has 2 N–H and O–H groups in total. The molecule has 0 fully saturated rings. The first-order valence-electron chi connectivity index (χ1n) is 8.52. The molecule has 0 spiro atoms. The summed E-state index contributed by atoms with van der Waals surface area (Å²) in [4.78, 5) is 15.6. The van der Waals surface area contributed by atoms with Gasteiger partial charge < -0.3 is 15.4 Å². The van der Waals surface area contributed by atoms with E-state index < -0.39 is 0 Å². The minimum absolute atomic E-state index is 0.0516. The maximum absolute atomic E-state index is 11.4. The Morgan fingerprint density at radius 1 is 0.962 bits per heavy atom. The van der Waals surface area contributed by atoms with Crippen LogP contribution in [-0.4, -0.2) is 10.9 Å². The van der Waals surface area contributed by atoms with E-state index in [4.69, 9.17) is 4.74 Å². The Morgan fingerprint density at radius 2 is 1.69 bits per heavy atom. The summed E-state index contributed by atoms with van der Waals surface area (Å²) in [5.74, 6) is 1.31. The molecule has 0 aliphatic rings. The second-order valence-corrected chi connectivity index (χ2v) is 5.76. The third kappa shape index (κ3) is 5.08. The van der Waals surface area contributed by atoms with Crippen LogP contribution in [0.25, 0.3) is 0 Å². The Labute approximate surface area is 153 Å². The Kier molecular flexibility index (Phi) is 5.83. The van der Waals surface area contributed by atoms with Gasteiger partial charge in [0.1, 0.15) is 18.2 Å². The number of nitrogens with zero attached hydrogens (tertiary/aromatic N) is 1. The fourth-order valence-electron chi connectivity index (χ4n) is 2.32. The molecule has 26 heavy (non-hydrogen) atoms. The Morgan fingerprint density at radius 3 is 2.35 bits per heavy atom. The molecule has 0 bridgehead atoms. The van der Waals surface area contributed by atoms with Crippen molar-refractivity contribution in [3.63, 3.8) is 0 Å². The first-order valence-corrected chi connectivity index (χ1v) is 8.52. The van der Waals surface area contributed by atoms with Gasteiger partial charge in [-0.05, 0) is 42.0 Å². The van der Waals surface area contributed by atoms with Crippen molar-refractivity contribution in [1.29, 1.82) is 0 Å². The third-order valence-corrected chi connectivity index (χ3v) is 3.74. The second-order valence-electron chi connectivity index (χ2n) is 5.76. The van der Waals surface area contributed by atoms with Gasteiger partial charge in [-0.1, -0.05) is 37.3 Å². The van der Waals surface area contributed by atoms with Crippen molar-refractivity contribution in [2.45, 2.75) is 20.0 Å². The zero-order valence-corrected chi connectivity index (χ0v) is 14.6. The lowest BCUT2D eigenvalue weighted by atomic mass is 10.2. The SMILES string of the molecule is CCC(=O)Nc1ccc(Nc2ccc(OCc3ccccc3)cc2)cn1. The lowest BCUT2D eigenvalue weighted by Crippen LogP contribution is -2.10. The number of nitrogens with one attached hydrogen (secondary N) is 2. The molecule has 1 aromatic heterocycles. The van der Waals surface area contributed by atoms with Crippen molar-refractivity contribution < 1.29 is 9.53 Å². The summed E-state index contributed by atoms with van der Waals surface area (Å²) in [5, 5.41) is 5.99. The molecule has 0 saturated carbocycles. The number of carbonyl (C=O) groups excluding carboxylic acids is 1. The molecular weight excluding hydrogens is 326 g/mol. The number of rotatable bonds is 7. The van der Waals surface area contributed by atoms with Gasteiger partial charge in [0.25, 0.3) is 0 Å². The van der Waals surface area contributed by atoms with Crippen molar-refractivity contribution in [3.05, 3.63) is 78.5 Å². The molecule has 2 aromatic carbocycles. The van der Waals surface area contributed by atoms with Crippen molar-refractivity contribution in [3.8, 4) is 5.75 Å². The highest BCUT2D eigenvalue weighted by atomic mass is 16.5. The predicted octanol–water partition coefficient (Wildman–Crippen LogP) is 4.75. The maximum Gasteiger partial charge on any atom is 0.225 e. The van der Waals surface area contributed by atoms with E-state index in [0.717, 1.165) is 22.7 Å². The van der Waals surface area contributed by atoms with Crippen LogP contribution >= 0.6 is 0 Å². The van der Waals surface area contributed by atoms with Crippen molar-refractivity contribution >= 4 is 23.1 Å². The Balaban J connectivity index is 1.54. The molecule has 0 saturated heterocycles. The standard InChI is InChI=1S/C21H21N3O2/c1-2-21(25)24-20-13-10-18(14-22-20)23-17-8-11-19(12-9-17)26-15-16-6-4-3-5-7-16/h3-14,23H,2,15H2,1H3,(H,22,24,25). The van der Waals surface area contributed by atoms with E-state index in [1.54, 1.807) is 19.2 Å². The maximum atomic E-state index is 11.4. The highest BCUT2D eigenvalue weighted by Gasteiger charge is 2.01. The second kappa shape index (κ2) is 8.67. The van der Waals surface area contributed by atoms with Crippen molar-refractivity contribution in [2.24, 2.45) is 0 Å². The van der Waals surface area contributed by atoms with Gasteiger partial charge in [0.05, 0.1) is 11.9 Å². The summed E-state index contributed by atoms with van der Waals surface area (Å²) in [6, 6.07) is 21.5. The fraction of sp³-hybridized carbons (Fsp3) is 0.143. The predicted molar refractivity (Wildman–Crippen MR) is 104 cm³/mol. The smallest absolute Gasteiger partial charge is 0.225 e. The average Bonchev–Trinajstić information content (AvgIpc) is 2.69. The summed E-state index contributed by atoms with van der Waals surface area (Å²) in [5.41, 5.74) is 2.91. The first-order chi connectivity index (χ1) is 12.7. The van der Waals surface area contributed by atoms with E-state index in [9.17, 15) is 4.79 Å². The monoisotopic (exact) mass is 347 g/mol. The number of hydrogen-bond acceptors (Lipinski definition) is 4. The summed E-state index contributed by atoms with van der Waals surface area (Å²) in [6.07, 6.45) is 2.12. The van der Waals surface area contributed by atoms with E-state index in [-0.39, 0.29) is 5.91 Å². The minimum atomic E-state index is -0.0516. The van der Waals surface area contributed by atoms with E-state index in [0.29, 0.717) is 18.8 Å². The van der Waals surface area contributed by atoms with Gasteiger partial charge in [-0.15, -0.1) is 0 Å². The molecule has 0 atom stereocenters. The summed E-state index contributed by atoms with van der Waals surface area (Å²) in [6.45, 7) is 2.35. The van der Waals surface area contributed by atoms with Gasteiger partial charge in [0, 0.05) is 12.1 Å². The highest BCUT2D eigenvalue weighted by molar-refractivity contribution is 5.89. The first kappa shape index (κ1) is 17.5. The lowest BCUT2D eigenvalue weighted by molar-refractivity contribution is -0.115. The normalized spacial score (nSPS) is 10.2. The van der Waals surface area contributed by atoms with E-state index >= 15 is 0 Å². The minimum Gasteiger partial charge on any atom is -0.489 e. The lowest BCUT2D eigenvalue weighted by Gasteiger charge is -2.10. The number of benzene rings is 2. The van der Waals surface area contributed by atoms with Crippen LogP contribution in [0.2, 0.25) is 0 Å². The zero-order valence-electron chi connectivity index (χ0n) is 14.6. The topological polar surface area (TPSA) is 63.2 Å². The van der Waals surface area contributed by atoms with Crippen LogP contribution in [0.4, 0.5) is 17.2 Å². The number of pyridine rings is 1. The highest BCUT2D eigenvalue weighted by Crippen LogP contribution is 2.21. The van der Waals surface area contributed by atoms with Crippen molar-refractivity contribution in [1.82, 2.24) is 4.98 Å². The Bertz CT molecular complexity index is 831. The van der Waals surface area contributed by atoms with Gasteiger partial charge in [-0.3, -0.25) is 4.79 Å².